The third-order valence-electron chi connectivity index (χ3n) is 3.59. The van der Waals surface area contributed by atoms with E-state index in [1.807, 2.05) is 30.3 Å². The van der Waals surface area contributed by atoms with Gasteiger partial charge in [0, 0.05) is 23.8 Å². The minimum atomic E-state index is 0.205. The standard InChI is InChI=1S/C18H20BrClN2O2/c1-12(14-3-5-15(20)6-4-14)22-7-8-24-18-16(19)9-13(11-21)10-17(18)23-2/h3-6,9-12,21-22H,7-8H2,1-2H3. The molecule has 6 heteroatoms. The molecule has 1 unspecified atom stereocenters. The van der Waals surface area contributed by atoms with Crippen LogP contribution in [0.4, 0.5) is 0 Å². The highest BCUT2D eigenvalue weighted by Crippen LogP contribution is 2.36. The second-order valence-corrected chi connectivity index (χ2v) is 6.55. The van der Waals surface area contributed by atoms with Crippen LogP contribution in [0.25, 0.3) is 0 Å². The smallest absolute Gasteiger partial charge is 0.175 e. The van der Waals surface area contributed by atoms with E-state index in [1.54, 1.807) is 13.2 Å². The zero-order chi connectivity index (χ0) is 17.5. The van der Waals surface area contributed by atoms with E-state index < -0.39 is 0 Å². The molecule has 4 nitrogen and oxygen atoms in total. The number of hydrogen-bond donors (Lipinski definition) is 2. The summed E-state index contributed by atoms with van der Waals surface area (Å²) in [6, 6.07) is 11.6. The lowest BCUT2D eigenvalue weighted by molar-refractivity contribution is 0.286. The van der Waals surface area contributed by atoms with E-state index in [2.05, 4.69) is 28.2 Å². The van der Waals surface area contributed by atoms with Gasteiger partial charge in [0.05, 0.1) is 11.6 Å². The minimum Gasteiger partial charge on any atom is -0.493 e. The van der Waals surface area contributed by atoms with Crippen molar-refractivity contribution in [1.29, 1.82) is 5.41 Å². The molecule has 128 valence electrons. The van der Waals surface area contributed by atoms with Gasteiger partial charge in [0.2, 0.25) is 0 Å². The van der Waals surface area contributed by atoms with E-state index >= 15 is 0 Å². The average molecular weight is 412 g/mol. The van der Waals surface area contributed by atoms with Crippen molar-refractivity contribution in [2.45, 2.75) is 13.0 Å². The topological polar surface area (TPSA) is 54.3 Å². The first-order valence-electron chi connectivity index (χ1n) is 7.54. The van der Waals surface area contributed by atoms with Gasteiger partial charge in [0.1, 0.15) is 6.61 Å². The molecule has 24 heavy (non-hydrogen) atoms. The van der Waals surface area contributed by atoms with Gasteiger partial charge in [-0.15, -0.1) is 0 Å². The predicted molar refractivity (Wildman–Crippen MR) is 102 cm³/mol. The lowest BCUT2D eigenvalue weighted by Gasteiger charge is -2.16. The molecule has 0 aliphatic heterocycles. The summed E-state index contributed by atoms with van der Waals surface area (Å²) in [5.74, 6) is 1.25. The van der Waals surface area contributed by atoms with Crippen molar-refractivity contribution in [3.8, 4) is 11.5 Å². The van der Waals surface area contributed by atoms with Crippen molar-refractivity contribution < 1.29 is 9.47 Å². The molecule has 0 spiro atoms. The van der Waals surface area contributed by atoms with Crippen LogP contribution in [0.15, 0.2) is 40.9 Å². The van der Waals surface area contributed by atoms with Gasteiger partial charge in [-0.3, -0.25) is 0 Å². The highest BCUT2D eigenvalue weighted by atomic mass is 79.9. The van der Waals surface area contributed by atoms with Gasteiger partial charge in [-0.1, -0.05) is 23.7 Å². The number of rotatable bonds is 8. The maximum Gasteiger partial charge on any atom is 0.175 e. The van der Waals surface area contributed by atoms with E-state index in [0.717, 1.165) is 15.1 Å². The van der Waals surface area contributed by atoms with Gasteiger partial charge in [-0.05, 0) is 58.2 Å². The van der Waals surface area contributed by atoms with Crippen LogP contribution in [0.3, 0.4) is 0 Å². The number of hydrogen-bond acceptors (Lipinski definition) is 4. The normalized spacial score (nSPS) is 11.8. The molecule has 2 aromatic carbocycles. The summed E-state index contributed by atoms with van der Waals surface area (Å²) in [5, 5.41) is 11.5. The predicted octanol–water partition coefficient (Wildman–Crippen LogP) is 4.84. The molecule has 0 aromatic heterocycles. The second-order valence-electron chi connectivity index (χ2n) is 5.25. The summed E-state index contributed by atoms with van der Waals surface area (Å²) in [7, 11) is 1.59. The van der Waals surface area contributed by atoms with Crippen molar-refractivity contribution >= 4 is 33.7 Å². The quantitative estimate of drug-likeness (QED) is 0.483. The zero-order valence-corrected chi connectivity index (χ0v) is 15.9. The number of nitrogens with one attached hydrogen (secondary N) is 2. The molecule has 0 bridgehead atoms. The molecule has 2 N–H and O–H groups in total. The average Bonchev–Trinajstić information content (AvgIpc) is 2.59. The van der Waals surface area contributed by atoms with E-state index in [1.165, 1.54) is 11.8 Å². The Balaban J connectivity index is 1.90. The molecule has 0 aliphatic carbocycles. The Kier molecular flexibility index (Phi) is 7.09. The fraction of sp³-hybridized carbons (Fsp3) is 0.278. The van der Waals surface area contributed by atoms with Crippen LogP contribution in [0, 0.1) is 5.41 Å². The third kappa shape index (κ3) is 4.97. The van der Waals surface area contributed by atoms with Crippen LogP contribution in [-0.4, -0.2) is 26.5 Å². The SMILES string of the molecule is COc1cc(C=N)cc(Br)c1OCCNC(C)c1ccc(Cl)cc1. The van der Waals surface area contributed by atoms with Crippen LogP contribution >= 0.6 is 27.5 Å². The molecular formula is C18H20BrClN2O2. The van der Waals surface area contributed by atoms with E-state index in [0.29, 0.717) is 24.7 Å². The Labute approximate surface area is 155 Å². The van der Waals surface area contributed by atoms with Gasteiger partial charge in [0.15, 0.2) is 11.5 Å². The summed E-state index contributed by atoms with van der Waals surface area (Å²) < 4.78 is 11.9. The minimum absolute atomic E-state index is 0.205. The fourth-order valence-corrected chi connectivity index (χ4v) is 2.96. The molecule has 0 heterocycles. The summed E-state index contributed by atoms with van der Waals surface area (Å²) in [4.78, 5) is 0. The van der Waals surface area contributed by atoms with Crippen LogP contribution in [0.1, 0.15) is 24.1 Å². The number of methoxy groups -OCH3 is 1. The lowest BCUT2D eigenvalue weighted by Crippen LogP contribution is -2.24. The Morgan fingerprint density at radius 1 is 1.29 bits per heavy atom. The maximum atomic E-state index is 7.33. The van der Waals surface area contributed by atoms with E-state index in [9.17, 15) is 0 Å². The highest BCUT2D eigenvalue weighted by molar-refractivity contribution is 9.10. The number of halogens is 2. The summed E-state index contributed by atoms with van der Waals surface area (Å²) in [5.41, 5.74) is 1.93. The van der Waals surface area contributed by atoms with Gasteiger partial charge in [-0.25, -0.2) is 0 Å². The Bertz CT molecular complexity index is 692. The molecule has 0 fully saturated rings. The first kappa shape index (κ1) is 18.8. The van der Waals surface area contributed by atoms with Crippen LogP contribution < -0.4 is 14.8 Å². The lowest BCUT2D eigenvalue weighted by atomic mass is 10.1. The van der Waals surface area contributed by atoms with Gasteiger partial charge >= 0.3 is 0 Å². The van der Waals surface area contributed by atoms with Crippen molar-refractivity contribution in [2.24, 2.45) is 0 Å². The second kappa shape index (κ2) is 9.06. The monoisotopic (exact) mass is 410 g/mol. The highest BCUT2D eigenvalue weighted by Gasteiger charge is 2.11. The van der Waals surface area contributed by atoms with Gasteiger partial charge in [0.25, 0.3) is 0 Å². The van der Waals surface area contributed by atoms with Crippen molar-refractivity contribution in [1.82, 2.24) is 5.32 Å². The molecule has 0 saturated heterocycles. The van der Waals surface area contributed by atoms with Crippen molar-refractivity contribution in [3.63, 3.8) is 0 Å². The Morgan fingerprint density at radius 3 is 2.62 bits per heavy atom. The van der Waals surface area contributed by atoms with Crippen molar-refractivity contribution in [3.05, 3.63) is 57.0 Å². The molecule has 0 aliphatic rings. The van der Waals surface area contributed by atoms with Crippen LogP contribution in [0.5, 0.6) is 11.5 Å². The van der Waals surface area contributed by atoms with Crippen LogP contribution in [-0.2, 0) is 0 Å². The number of ether oxygens (including phenoxy) is 2. The molecule has 2 rings (SSSR count). The molecule has 1 atom stereocenters. The largest absolute Gasteiger partial charge is 0.493 e. The zero-order valence-electron chi connectivity index (χ0n) is 13.6. The van der Waals surface area contributed by atoms with E-state index in [-0.39, 0.29) is 6.04 Å². The van der Waals surface area contributed by atoms with Gasteiger partial charge in [-0.2, -0.15) is 0 Å². The molecule has 0 saturated carbocycles. The van der Waals surface area contributed by atoms with Gasteiger partial charge < -0.3 is 20.2 Å². The van der Waals surface area contributed by atoms with Crippen LogP contribution in [0.2, 0.25) is 5.02 Å². The van der Waals surface area contributed by atoms with E-state index in [4.69, 9.17) is 26.5 Å². The summed E-state index contributed by atoms with van der Waals surface area (Å²) >= 11 is 9.37. The summed E-state index contributed by atoms with van der Waals surface area (Å²) in [6.07, 6.45) is 1.27. The molecule has 0 amide bonds. The molecule has 0 radical (unpaired) electrons. The molecular weight excluding hydrogens is 392 g/mol. The number of benzene rings is 2. The third-order valence-corrected chi connectivity index (χ3v) is 4.43. The first-order valence-corrected chi connectivity index (χ1v) is 8.72. The van der Waals surface area contributed by atoms with Crippen molar-refractivity contribution in [2.75, 3.05) is 20.3 Å². The molecule has 2 aromatic rings. The Morgan fingerprint density at radius 2 is 2.00 bits per heavy atom. The maximum absolute atomic E-state index is 7.33. The summed E-state index contributed by atoms with van der Waals surface area (Å²) in [6.45, 7) is 3.28. The first-order chi connectivity index (χ1) is 11.5. The Hall–Kier alpha value is -1.56. The fourth-order valence-electron chi connectivity index (χ4n) is 2.26.